The van der Waals surface area contributed by atoms with Crippen LogP contribution in [0.25, 0.3) is 17.0 Å². The summed E-state index contributed by atoms with van der Waals surface area (Å²) >= 11 is 0. The van der Waals surface area contributed by atoms with E-state index in [2.05, 4.69) is 37.2 Å². The summed E-state index contributed by atoms with van der Waals surface area (Å²) in [4.78, 5) is 10.4. The molecule has 0 N–H and O–H groups in total. The normalized spacial score (nSPS) is 13.6. The van der Waals surface area contributed by atoms with Crippen LogP contribution < -0.4 is 0 Å². The predicted molar refractivity (Wildman–Crippen MR) is 102 cm³/mol. The van der Waals surface area contributed by atoms with Gasteiger partial charge in [0.1, 0.15) is 5.69 Å². The molecule has 4 rings (SSSR count). The smallest absolute Gasteiger partial charge is 0.213 e. The molecule has 0 atom stereocenters. The molecular formula is C21H18FN5. The Balaban J connectivity index is 1.59. The van der Waals surface area contributed by atoms with Crippen LogP contribution in [0.3, 0.4) is 0 Å². The molecule has 0 aromatic carbocycles. The van der Waals surface area contributed by atoms with Crippen molar-refractivity contribution in [1.82, 2.24) is 25.1 Å². The minimum atomic E-state index is -0.503. The van der Waals surface area contributed by atoms with Crippen LogP contribution in [0.15, 0.2) is 67.2 Å². The molecule has 27 heavy (non-hydrogen) atoms. The molecule has 1 aliphatic heterocycles. The van der Waals surface area contributed by atoms with Gasteiger partial charge in [-0.1, -0.05) is 18.2 Å². The molecule has 1 aliphatic rings. The lowest BCUT2D eigenvalue weighted by Gasteiger charge is -2.27. The summed E-state index contributed by atoms with van der Waals surface area (Å²) in [6, 6.07) is 9.10. The lowest BCUT2D eigenvalue weighted by molar-refractivity contribution is 0.426. The zero-order valence-corrected chi connectivity index (χ0v) is 14.9. The monoisotopic (exact) mass is 359 g/mol. The van der Waals surface area contributed by atoms with Gasteiger partial charge in [-0.3, -0.25) is 4.98 Å². The third-order valence-corrected chi connectivity index (χ3v) is 4.40. The van der Waals surface area contributed by atoms with Gasteiger partial charge >= 0.3 is 0 Å². The summed E-state index contributed by atoms with van der Waals surface area (Å²) in [7, 11) is 0. The molecule has 4 heterocycles. The van der Waals surface area contributed by atoms with Crippen molar-refractivity contribution in [3.8, 4) is 11.3 Å². The van der Waals surface area contributed by atoms with Crippen LogP contribution in [0, 0.1) is 12.9 Å². The Morgan fingerprint density at radius 2 is 2.07 bits per heavy atom. The Morgan fingerprint density at radius 1 is 1.15 bits per heavy atom. The first-order valence-electron chi connectivity index (χ1n) is 8.68. The maximum atomic E-state index is 13.4. The zero-order chi connectivity index (χ0) is 18.6. The van der Waals surface area contributed by atoms with E-state index in [1.165, 1.54) is 12.3 Å². The van der Waals surface area contributed by atoms with E-state index in [1.54, 1.807) is 12.3 Å². The second-order valence-corrected chi connectivity index (χ2v) is 6.35. The molecule has 0 bridgehead atoms. The Morgan fingerprint density at radius 3 is 2.85 bits per heavy atom. The van der Waals surface area contributed by atoms with Crippen molar-refractivity contribution in [1.29, 1.82) is 0 Å². The summed E-state index contributed by atoms with van der Waals surface area (Å²) in [6.45, 7) is 3.48. The Labute approximate surface area is 156 Å². The molecule has 0 radical (unpaired) electrons. The van der Waals surface area contributed by atoms with Gasteiger partial charge in [0.15, 0.2) is 0 Å². The van der Waals surface area contributed by atoms with Crippen LogP contribution in [0.4, 0.5) is 4.39 Å². The summed E-state index contributed by atoms with van der Waals surface area (Å²) < 4.78 is 13.4. The van der Waals surface area contributed by atoms with Crippen molar-refractivity contribution >= 4 is 5.70 Å². The molecule has 0 amide bonds. The fourth-order valence-corrected chi connectivity index (χ4v) is 3.18. The summed E-state index contributed by atoms with van der Waals surface area (Å²) in [6.07, 6.45) is 11.1. The van der Waals surface area contributed by atoms with Gasteiger partial charge in [0, 0.05) is 43.3 Å². The maximum absolute atomic E-state index is 13.4. The van der Waals surface area contributed by atoms with Crippen molar-refractivity contribution < 1.29 is 4.39 Å². The number of rotatable bonds is 4. The number of pyridine rings is 2. The predicted octanol–water partition coefficient (Wildman–Crippen LogP) is 3.79. The second-order valence-electron chi connectivity index (χ2n) is 6.35. The van der Waals surface area contributed by atoms with Crippen molar-refractivity contribution in [2.45, 2.75) is 13.5 Å². The number of hydrogen-bond donors (Lipinski definition) is 0. The van der Waals surface area contributed by atoms with Gasteiger partial charge in [-0.2, -0.15) is 9.49 Å². The fraction of sp³-hybridized carbons (Fsp3) is 0.143. The standard InChI is InChI=1S/C21H18FN5/c1-15-11-16(13-24-21(15)17-7-9-23-20(22)12-17)14-27-10-3-2-6-19(27)18-5-4-8-25-26-18/h2-9,11-13H,10,14H2,1H3. The number of aryl methyl sites for hydroxylation is 1. The highest BCUT2D eigenvalue weighted by atomic mass is 19.1. The van der Waals surface area contributed by atoms with Gasteiger partial charge in [0.2, 0.25) is 5.95 Å². The number of nitrogens with zero attached hydrogens (tertiary/aromatic N) is 5. The minimum absolute atomic E-state index is 0.503. The summed E-state index contributed by atoms with van der Waals surface area (Å²) in [5.41, 5.74) is 5.45. The molecule has 0 unspecified atom stereocenters. The first kappa shape index (κ1) is 17.0. The molecule has 0 aliphatic carbocycles. The topological polar surface area (TPSA) is 54.8 Å². The zero-order valence-electron chi connectivity index (χ0n) is 14.9. The highest BCUT2D eigenvalue weighted by Crippen LogP contribution is 2.25. The Hall–Kier alpha value is -3.41. The summed E-state index contributed by atoms with van der Waals surface area (Å²) in [5.74, 6) is -0.503. The van der Waals surface area contributed by atoms with Crippen LogP contribution in [0.5, 0.6) is 0 Å². The van der Waals surface area contributed by atoms with Crippen LogP contribution in [0.2, 0.25) is 0 Å². The summed E-state index contributed by atoms with van der Waals surface area (Å²) in [5, 5.41) is 8.20. The number of aromatic nitrogens is 4. The van der Waals surface area contributed by atoms with E-state index in [4.69, 9.17) is 0 Å². The lowest BCUT2D eigenvalue weighted by Crippen LogP contribution is -2.24. The molecular weight excluding hydrogens is 341 g/mol. The SMILES string of the molecule is Cc1cc(CN2CC=CC=C2c2cccnn2)cnc1-c1ccnc(F)c1. The lowest BCUT2D eigenvalue weighted by atomic mass is 10.1. The van der Waals surface area contributed by atoms with Gasteiger partial charge in [-0.05, 0) is 42.3 Å². The minimum Gasteiger partial charge on any atom is -0.362 e. The number of allylic oxidation sites excluding steroid dienone is 2. The fourth-order valence-electron chi connectivity index (χ4n) is 3.18. The highest BCUT2D eigenvalue weighted by Gasteiger charge is 2.15. The molecule has 5 nitrogen and oxygen atoms in total. The average Bonchev–Trinajstić information content (AvgIpc) is 2.69. The maximum Gasteiger partial charge on any atom is 0.213 e. The van der Waals surface area contributed by atoms with Gasteiger partial charge in [-0.15, -0.1) is 5.10 Å². The second kappa shape index (κ2) is 7.45. The third kappa shape index (κ3) is 3.74. The van der Waals surface area contributed by atoms with E-state index >= 15 is 0 Å². The van der Waals surface area contributed by atoms with Crippen LogP contribution >= 0.6 is 0 Å². The Kier molecular flexibility index (Phi) is 4.70. The quantitative estimate of drug-likeness (QED) is 0.663. The average molecular weight is 359 g/mol. The number of hydrogen-bond acceptors (Lipinski definition) is 5. The van der Waals surface area contributed by atoms with Crippen LogP contribution in [-0.4, -0.2) is 31.6 Å². The van der Waals surface area contributed by atoms with E-state index < -0.39 is 5.95 Å². The van der Waals surface area contributed by atoms with E-state index in [-0.39, 0.29) is 0 Å². The molecule has 3 aromatic rings. The van der Waals surface area contributed by atoms with Crippen molar-refractivity contribution in [3.63, 3.8) is 0 Å². The first-order valence-corrected chi connectivity index (χ1v) is 8.68. The van der Waals surface area contributed by atoms with Crippen molar-refractivity contribution in [3.05, 3.63) is 89.9 Å². The van der Waals surface area contributed by atoms with Crippen LogP contribution in [-0.2, 0) is 6.54 Å². The van der Waals surface area contributed by atoms with Crippen molar-refractivity contribution in [2.75, 3.05) is 6.54 Å². The van der Waals surface area contributed by atoms with E-state index in [0.717, 1.165) is 40.3 Å². The third-order valence-electron chi connectivity index (χ3n) is 4.40. The molecule has 0 saturated heterocycles. The van der Waals surface area contributed by atoms with Gasteiger partial charge in [-0.25, -0.2) is 4.98 Å². The van der Waals surface area contributed by atoms with E-state index in [0.29, 0.717) is 6.54 Å². The molecule has 0 fully saturated rings. The number of halogens is 1. The van der Waals surface area contributed by atoms with Gasteiger partial charge < -0.3 is 4.90 Å². The van der Waals surface area contributed by atoms with Crippen molar-refractivity contribution in [2.24, 2.45) is 0 Å². The van der Waals surface area contributed by atoms with Gasteiger partial charge in [0.05, 0.1) is 11.4 Å². The molecule has 134 valence electrons. The van der Waals surface area contributed by atoms with Crippen LogP contribution in [0.1, 0.15) is 16.8 Å². The first-order chi connectivity index (χ1) is 13.2. The largest absolute Gasteiger partial charge is 0.362 e. The Bertz CT molecular complexity index is 1010. The molecule has 0 saturated carbocycles. The highest BCUT2D eigenvalue weighted by molar-refractivity contribution is 5.64. The van der Waals surface area contributed by atoms with Gasteiger partial charge in [0.25, 0.3) is 0 Å². The molecule has 3 aromatic heterocycles. The van der Waals surface area contributed by atoms with E-state index in [1.807, 2.05) is 37.4 Å². The van der Waals surface area contributed by atoms with E-state index in [9.17, 15) is 4.39 Å². The molecule has 0 spiro atoms. The molecule has 6 heteroatoms.